The van der Waals surface area contributed by atoms with Gasteiger partial charge in [0.2, 0.25) is 0 Å². The van der Waals surface area contributed by atoms with Crippen molar-refractivity contribution in [1.29, 1.82) is 0 Å². The van der Waals surface area contributed by atoms with Gasteiger partial charge >= 0.3 is 0 Å². The largest absolute Gasteiger partial charge is 0.0625 e. The minimum absolute atomic E-state index is 1.01. The number of hydrogen-bond acceptors (Lipinski definition) is 0. The van der Waals surface area contributed by atoms with Crippen molar-refractivity contribution in [3.63, 3.8) is 0 Å². The Bertz CT molecular complexity index is 145. The van der Waals surface area contributed by atoms with E-state index < -0.39 is 0 Å². The zero-order chi connectivity index (χ0) is 9.80. The van der Waals surface area contributed by atoms with E-state index in [2.05, 4.69) is 6.92 Å². The monoisotopic (exact) mass is 194 g/mol. The summed E-state index contributed by atoms with van der Waals surface area (Å²) in [6, 6.07) is 0. The zero-order valence-electron chi connectivity index (χ0n) is 9.80. The Morgan fingerprint density at radius 3 is 1.50 bits per heavy atom. The first-order valence-electron chi connectivity index (χ1n) is 6.86. The Labute approximate surface area is 89.5 Å². The molecule has 0 aromatic carbocycles. The van der Waals surface area contributed by atoms with Crippen molar-refractivity contribution in [2.24, 2.45) is 17.8 Å². The molecule has 0 atom stereocenters. The van der Waals surface area contributed by atoms with Crippen LogP contribution in [0.15, 0.2) is 0 Å². The van der Waals surface area contributed by atoms with Gasteiger partial charge in [0, 0.05) is 0 Å². The molecule has 2 aliphatic rings. The van der Waals surface area contributed by atoms with Crippen LogP contribution in [-0.4, -0.2) is 0 Å². The second kappa shape index (κ2) is 5.19. The van der Waals surface area contributed by atoms with E-state index in [0.717, 1.165) is 17.8 Å². The van der Waals surface area contributed by atoms with Crippen LogP contribution in [0.1, 0.15) is 71.1 Å². The molecule has 0 heterocycles. The summed E-state index contributed by atoms with van der Waals surface area (Å²) in [5.74, 6) is 3.26. The molecule has 0 N–H and O–H groups in total. The van der Waals surface area contributed by atoms with Crippen molar-refractivity contribution >= 4 is 0 Å². The Hall–Kier alpha value is 0. The maximum Gasteiger partial charge on any atom is -0.0386 e. The van der Waals surface area contributed by atoms with Gasteiger partial charge in [-0.2, -0.15) is 0 Å². The number of rotatable bonds is 1. The van der Waals surface area contributed by atoms with Gasteiger partial charge in [-0.1, -0.05) is 71.1 Å². The molecular weight excluding hydrogens is 168 g/mol. The molecule has 0 amide bonds. The molecule has 0 unspecified atom stereocenters. The highest BCUT2D eigenvalue weighted by Gasteiger charge is 2.25. The fourth-order valence-electron chi connectivity index (χ4n) is 3.65. The van der Waals surface area contributed by atoms with E-state index >= 15 is 0 Å². The minimum Gasteiger partial charge on any atom is -0.0625 e. The van der Waals surface area contributed by atoms with E-state index in [1.807, 2.05) is 0 Å². The normalized spacial score (nSPS) is 36.6. The molecule has 14 heavy (non-hydrogen) atoms. The van der Waals surface area contributed by atoms with Gasteiger partial charge in [-0.05, 0) is 17.8 Å². The molecule has 0 aliphatic heterocycles. The molecule has 2 saturated carbocycles. The standard InChI is InChI=1S/C14H26/c1-12-6-4-10-14(11-5-7-12)13-8-2-3-9-13/h12-14H,2-11H2,1H3. The van der Waals surface area contributed by atoms with E-state index in [0.29, 0.717) is 0 Å². The topological polar surface area (TPSA) is 0 Å². The highest BCUT2D eigenvalue weighted by molar-refractivity contribution is 4.77. The van der Waals surface area contributed by atoms with Gasteiger partial charge in [0.15, 0.2) is 0 Å². The van der Waals surface area contributed by atoms with Gasteiger partial charge in [-0.25, -0.2) is 0 Å². The van der Waals surface area contributed by atoms with Crippen LogP contribution in [-0.2, 0) is 0 Å². The summed E-state index contributed by atoms with van der Waals surface area (Å²) in [4.78, 5) is 0. The SMILES string of the molecule is CC1CCCC(C2CCCC2)CCC1. The van der Waals surface area contributed by atoms with Crippen LogP contribution in [0, 0.1) is 17.8 Å². The molecule has 0 spiro atoms. The molecule has 2 rings (SSSR count). The molecule has 0 saturated heterocycles. The maximum atomic E-state index is 2.44. The van der Waals surface area contributed by atoms with Crippen LogP contribution in [0.4, 0.5) is 0 Å². The fraction of sp³-hybridized carbons (Fsp3) is 1.00. The van der Waals surface area contributed by atoms with E-state index in [1.165, 1.54) is 38.5 Å². The van der Waals surface area contributed by atoms with Gasteiger partial charge in [-0.15, -0.1) is 0 Å². The summed E-state index contributed by atoms with van der Waals surface area (Å²) < 4.78 is 0. The van der Waals surface area contributed by atoms with Crippen LogP contribution < -0.4 is 0 Å². The van der Waals surface area contributed by atoms with Gasteiger partial charge in [0.1, 0.15) is 0 Å². The van der Waals surface area contributed by atoms with Crippen molar-refractivity contribution in [3.05, 3.63) is 0 Å². The van der Waals surface area contributed by atoms with Crippen molar-refractivity contribution < 1.29 is 0 Å². The van der Waals surface area contributed by atoms with Crippen molar-refractivity contribution in [2.45, 2.75) is 71.1 Å². The molecular formula is C14H26. The fourth-order valence-corrected chi connectivity index (χ4v) is 3.65. The Balaban J connectivity index is 1.80. The van der Waals surface area contributed by atoms with E-state index in [9.17, 15) is 0 Å². The molecule has 0 nitrogen and oxygen atoms in total. The first kappa shape index (κ1) is 10.5. The second-order valence-electron chi connectivity index (χ2n) is 5.77. The lowest BCUT2D eigenvalue weighted by Crippen LogP contribution is -2.15. The minimum atomic E-state index is 1.01. The van der Waals surface area contributed by atoms with Crippen molar-refractivity contribution in [2.75, 3.05) is 0 Å². The summed E-state index contributed by atoms with van der Waals surface area (Å²) in [5, 5.41) is 0. The van der Waals surface area contributed by atoms with E-state index in [4.69, 9.17) is 0 Å². The molecule has 0 aromatic rings. The lowest BCUT2D eigenvalue weighted by molar-refractivity contribution is 0.250. The highest BCUT2D eigenvalue weighted by Crippen LogP contribution is 2.38. The lowest BCUT2D eigenvalue weighted by atomic mass is 9.79. The smallest absolute Gasteiger partial charge is 0.0386 e. The molecule has 0 aromatic heterocycles. The summed E-state index contributed by atoms with van der Waals surface area (Å²) in [6.07, 6.45) is 15.3. The quantitative estimate of drug-likeness (QED) is 0.563. The summed E-state index contributed by atoms with van der Waals surface area (Å²) >= 11 is 0. The zero-order valence-corrected chi connectivity index (χ0v) is 9.80. The molecule has 82 valence electrons. The Kier molecular flexibility index (Phi) is 3.89. The number of hydrogen-bond donors (Lipinski definition) is 0. The second-order valence-corrected chi connectivity index (χ2v) is 5.77. The van der Waals surface area contributed by atoms with Gasteiger partial charge in [0.25, 0.3) is 0 Å². The van der Waals surface area contributed by atoms with E-state index in [-0.39, 0.29) is 0 Å². The van der Waals surface area contributed by atoms with Crippen LogP contribution in [0.5, 0.6) is 0 Å². The summed E-state index contributed by atoms with van der Waals surface area (Å²) in [7, 11) is 0. The molecule has 0 heteroatoms. The first-order valence-corrected chi connectivity index (χ1v) is 6.86. The predicted molar refractivity (Wildman–Crippen MR) is 62.3 cm³/mol. The van der Waals surface area contributed by atoms with E-state index in [1.54, 1.807) is 25.7 Å². The van der Waals surface area contributed by atoms with Gasteiger partial charge < -0.3 is 0 Å². The Morgan fingerprint density at radius 2 is 1.00 bits per heavy atom. The molecule has 0 radical (unpaired) electrons. The van der Waals surface area contributed by atoms with Crippen LogP contribution in [0.3, 0.4) is 0 Å². The maximum absolute atomic E-state index is 2.44. The third kappa shape index (κ3) is 2.74. The molecule has 2 fully saturated rings. The first-order chi connectivity index (χ1) is 6.86. The van der Waals surface area contributed by atoms with Gasteiger partial charge in [0.05, 0.1) is 0 Å². The molecule has 0 bridgehead atoms. The Morgan fingerprint density at radius 1 is 0.571 bits per heavy atom. The highest BCUT2D eigenvalue weighted by atomic mass is 14.3. The third-order valence-electron chi connectivity index (χ3n) is 4.61. The third-order valence-corrected chi connectivity index (χ3v) is 4.61. The lowest BCUT2D eigenvalue weighted by Gasteiger charge is -2.27. The van der Waals surface area contributed by atoms with Crippen LogP contribution in [0.25, 0.3) is 0 Å². The van der Waals surface area contributed by atoms with Crippen LogP contribution >= 0.6 is 0 Å². The van der Waals surface area contributed by atoms with Gasteiger partial charge in [-0.3, -0.25) is 0 Å². The average molecular weight is 194 g/mol. The van der Waals surface area contributed by atoms with Crippen molar-refractivity contribution in [1.82, 2.24) is 0 Å². The predicted octanol–water partition coefficient (Wildman–Crippen LogP) is 4.78. The molecule has 2 aliphatic carbocycles. The average Bonchev–Trinajstić information content (AvgIpc) is 2.63. The summed E-state index contributed by atoms with van der Waals surface area (Å²) in [5.41, 5.74) is 0. The van der Waals surface area contributed by atoms with Crippen LogP contribution in [0.2, 0.25) is 0 Å². The van der Waals surface area contributed by atoms with Crippen molar-refractivity contribution in [3.8, 4) is 0 Å². The summed E-state index contributed by atoms with van der Waals surface area (Å²) in [6.45, 7) is 2.44.